The molecule has 2 aromatic rings. The van der Waals surface area contributed by atoms with Crippen molar-refractivity contribution in [2.24, 2.45) is 0 Å². The molecule has 2 heterocycles. The Labute approximate surface area is 151 Å². The van der Waals surface area contributed by atoms with Crippen molar-refractivity contribution in [3.05, 3.63) is 45.1 Å². The van der Waals surface area contributed by atoms with E-state index in [1.807, 2.05) is 4.90 Å². The molecule has 1 saturated heterocycles. The topological polar surface area (TPSA) is 41.6 Å². The Bertz CT molecular complexity index is 773. The second-order valence-electron chi connectivity index (χ2n) is 5.39. The normalized spacial score (nSPS) is 15.3. The van der Waals surface area contributed by atoms with Crippen LogP contribution in [0.3, 0.4) is 0 Å². The van der Waals surface area contributed by atoms with Crippen molar-refractivity contribution in [1.29, 1.82) is 0 Å². The lowest BCUT2D eigenvalue weighted by Gasteiger charge is -2.31. The van der Waals surface area contributed by atoms with Crippen LogP contribution in [0.5, 0.6) is 0 Å². The van der Waals surface area contributed by atoms with Gasteiger partial charge in [0.15, 0.2) is 0 Å². The van der Waals surface area contributed by atoms with Gasteiger partial charge in [0.1, 0.15) is 0 Å². The summed E-state index contributed by atoms with van der Waals surface area (Å²) < 4.78 is 44.8. The van der Waals surface area contributed by atoms with Crippen LogP contribution in [-0.4, -0.2) is 32.2 Å². The first-order valence-corrected chi connectivity index (χ1v) is 8.64. The lowest BCUT2D eigenvalue weighted by Crippen LogP contribution is -2.36. The molecule has 25 heavy (non-hydrogen) atoms. The van der Waals surface area contributed by atoms with E-state index in [9.17, 15) is 18.0 Å². The molecule has 1 aliphatic heterocycles. The molecular weight excluding hydrogens is 377 g/mol. The molecule has 0 radical (unpaired) electrons. The number of alkyl halides is 3. The highest BCUT2D eigenvalue weighted by molar-refractivity contribution is 7.18. The second-order valence-corrected chi connectivity index (χ2v) is 7.10. The largest absolute Gasteiger partial charge is 0.416 e. The summed E-state index contributed by atoms with van der Waals surface area (Å²) >= 11 is 6.88. The molecule has 4 nitrogen and oxygen atoms in total. The Kier molecular flexibility index (Phi) is 5.21. The summed E-state index contributed by atoms with van der Waals surface area (Å²) in [6, 6.07) is 6.45. The minimum Gasteiger partial charge on any atom is -0.378 e. The summed E-state index contributed by atoms with van der Waals surface area (Å²) in [6.45, 7) is 2.04. The monoisotopic (exact) mass is 390 g/mol. The van der Waals surface area contributed by atoms with Crippen LogP contribution >= 0.6 is 22.9 Å². The van der Waals surface area contributed by atoms with Crippen LogP contribution in [0, 0.1) is 0 Å². The summed E-state index contributed by atoms with van der Waals surface area (Å²) in [4.78, 5) is 14.6. The fourth-order valence-corrected chi connectivity index (χ4v) is 3.45. The minimum atomic E-state index is -4.49. The van der Waals surface area contributed by atoms with Crippen LogP contribution in [0.2, 0.25) is 4.34 Å². The van der Waals surface area contributed by atoms with Crippen LogP contribution in [0.25, 0.3) is 0 Å². The number of anilines is 2. The molecule has 0 unspecified atom stereocenters. The maximum Gasteiger partial charge on any atom is 0.416 e. The van der Waals surface area contributed by atoms with Crippen LogP contribution in [-0.2, 0) is 10.9 Å². The van der Waals surface area contributed by atoms with Crippen molar-refractivity contribution >= 4 is 40.2 Å². The number of amides is 1. The van der Waals surface area contributed by atoms with Crippen LogP contribution in [0.4, 0.5) is 24.5 Å². The van der Waals surface area contributed by atoms with E-state index in [0.717, 1.165) is 23.5 Å². The summed E-state index contributed by atoms with van der Waals surface area (Å²) in [6.07, 6.45) is -4.49. The van der Waals surface area contributed by atoms with E-state index in [2.05, 4.69) is 5.32 Å². The molecule has 0 spiro atoms. The Morgan fingerprint density at radius 3 is 2.52 bits per heavy atom. The van der Waals surface area contributed by atoms with Gasteiger partial charge in [0.05, 0.1) is 39.4 Å². The van der Waals surface area contributed by atoms with Gasteiger partial charge in [0, 0.05) is 13.1 Å². The Balaban J connectivity index is 1.93. The maximum atomic E-state index is 13.0. The molecule has 1 N–H and O–H groups in total. The molecule has 0 saturated carbocycles. The second kappa shape index (κ2) is 7.23. The van der Waals surface area contributed by atoms with Crippen molar-refractivity contribution < 1.29 is 22.7 Å². The first kappa shape index (κ1) is 18.0. The van der Waals surface area contributed by atoms with Gasteiger partial charge in [-0.1, -0.05) is 11.6 Å². The van der Waals surface area contributed by atoms with Gasteiger partial charge >= 0.3 is 6.18 Å². The highest BCUT2D eigenvalue weighted by atomic mass is 35.5. The third-order valence-electron chi connectivity index (χ3n) is 3.72. The quantitative estimate of drug-likeness (QED) is 0.838. The average Bonchev–Trinajstić information content (AvgIpc) is 3.01. The van der Waals surface area contributed by atoms with E-state index in [1.165, 1.54) is 12.1 Å². The molecule has 1 aromatic heterocycles. The van der Waals surface area contributed by atoms with E-state index in [4.69, 9.17) is 16.3 Å². The number of hydrogen-bond acceptors (Lipinski definition) is 4. The molecule has 0 aliphatic carbocycles. The van der Waals surface area contributed by atoms with Gasteiger partial charge < -0.3 is 15.0 Å². The SMILES string of the molecule is O=C(Nc1cc(C(F)(F)F)ccc1N1CCOCC1)c1ccc(Cl)s1. The summed E-state index contributed by atoms with van der Waals surface area (Å²) in [5.41, 5.74) is -0.164. The molecule has 9 heteroatoms. The van der Waals surface area contributed by atoms with Gasteiger partial charge in [-0.15, -0.1) is 11.3 Å². The molecule has 1 amide bonds. The van der Waals surface area contributed by atoms with Gasteiger partial charge in [-0.2, -0.15) is 13.2 Å². The molecular formula is C16H14ClF3N2O2S. The van der Waals surface area contributed by atoms with E-state index >= 15 is 0 Å². The van der Waals surface area contributed by atoms with Crippen LogP contribution < -0.4 is 10.2 Å². The predicted molar refractivity (Wildman–Crippen MR) is 91.8 cm³/mol. The van der Waals surface area contributed by atoms with Gasteiger partial charge in [-0.25, -0.2) is 0 Å². The number of hydrogen-bond donors (Lipinski definition) is 1. The van der Waals surface area contributed by atoms with E-state index in [-0.39, 0.29) is 5.69 Å². The van der Waals surface area contributed by atoms with Gasteiger partial charge in [0.2, 0.25) is 0 Å². The number of rotatable bonds is 3. The lowest BCUT2D eigenvalue weighted by molar-refractivity contribution is -0.137. The smallest absolute Gasteiger partial charge is 0.378 e. The number of benzene rings is 1. The molecule has 0 atom stereocenters. The van der Waals surface area contributed by atoms with Crippen LogP contribution in [0.15, 0.2) is 30.3 Å². The maximum absolute atomic E-state index is 13.0. The number of morpholine rings is 1. The third kappa shape index (κ3) is 4.26. The van der Waals surface area contributed by atoms with E-state index in [1.54, 1.807) is 6.07 Å². The van der Waals surface area contributed by atoms with Crippen LogP contribution in [0.1, 0.15) is 15.2 Å². The zero-order valence-corrected chi connectivity index (χ0v) is 14.5. The van der Waals surface area contributed by atoms with Gasteiger partial charge in [-0.3, -0.25) is 4.79 Å². The van der Waals surface area contributed by atoms with E-state index < -0.39 is 17.6 Å². The number of ether oxygens (including phenoxy) is 1. The van der Waals surface area contributed by atoms with Crippen molar-refractivity contribution in [2.75, 3.05) is 36.5 Å². The van der Waals surface area contributed by atoms with Crippen molar-refractivity contribution in [3.63, 3.8) is 0 Å². The van der Waals surface area contributed by atoms with Crippen molar-refractivity contribution in [1.82, 2.24) is 0 Å². The third-order valence-corrected chi connectivity index (χ3v) is 4.95. The Morgan fingerprint density at radius 2 is 1.92 bits per heavy atom. The van der Waals surface area contributed by atoms with Gasteiger partial charge in [-0.05, 0) is 30.3 Å². The molecule has 1 fully saturated rings. The average molecular weight is 391 g/mol. The first-order chi connectivity index (χ1) is 11.8. The van der Waals surface area contributed by atoms with E-state index in [0.29, 0.717) is 41.2 Å². The number of carbonyl (C=O) groups excluding carboxylic acids is 1. The summed E-state index contributed by atoms with van der Waals surface area (Å²) in [7, 11) is 0. The molecule has 134 valence electrons. The molecule has 0 bridgehead atoms. The highest BCUT2D eigenvalue weighted by Crippen LogP contribution is 2.36. The number of nitrogens with zero attached hydrogens (tertiary/aromatic N) is 1. The Morgan fingerprint density at radius 1 is 1.20 bits per heavy atom. The van der Waals surface area contributed by atoms with Crippen molar-refractivity contribution in [2.45, 2.75) is 6.18 Å². The van der Waals surface area contributed by atoms with Crippen molar-refractivity contribution in [3.8, 4) is 0 Å². The predicted octanol–water partition coefficient (Wildman–Crippen LogP) is 4.51. The highest BCUT2D eigenvalue weighted by Gasteiger charge is 2.32. The number of nitrogens with one attached hydrogen (secondary N) is 1. The summed E-state index contributed by atoms with van der Waals surface area (Å²) in [5, 5.41) is 2.58. The number of carbonyl (C=O) groups is 1. The number of thiophene rings is 1. The fraction of sp³-hybridized carbons (Fsp3) is 0.312. The minimum absolute atomic E-state index is 0.117. The molecule has 3 rings (SSSR count). The number of halogens is 4. The first-order valence-electron chi connectivity index (χ1n) is 7.45. The molecule has 1 aliphatic rings. The fourth-order valence-electron chi connectivity index (χ4n) is 2.51. The standard InChI is InChI=1S/C16H14ClF3N2O2S/c17-14-4-3-13(25-14)15(23)21-11-9-10(16(18,19)20)1-2-12(11)22-5-7-24-8-6-22/h1-4,9H,5-8H2,(H,21,23). The Hall–Kier alpha value is -1.77. The molecule has 1 aromatic carbocycles. The zero-order valence-electron chi connectivity index (χ0n) is 12.9. The lowest BCUT2D eigenvalue weighted by atomic mass is 10.1. The zero-order chi connectivity index (χ0) is 18.0. The summed E-state index contributed by atoms with van der Waals surface area (Å²) in [5.74, 6) is -0.495. The van der Waals surface area contributed by atoms with Gasteiger partial charge in [0.25, 0.3) is 5.91 Å².